The third kappa shape index (κ3) is 3.09. The molecule has 106 valence electrons. The first-order valence-corrected chi connectivity index (χ1v) is 6.35. The first-order chi connectivity index (χ1) is 9.63. The van der Waals surface area contributed by atoms with E-state index in [-0.39, 0.29) is 11.8 Å². The van der Waals surface area contributed by atoms with Crippen molar-refractivity contribution in [3.8, 4) is 11.8 Å². The van der Waals surface area contributed by atoms with E-state index < -0.39 is 5.97 Å². The van der Waals surface area contributed by atoms with E-state index in [9.17, 15) is 4.79 Å². The van der Waals surface area contributed by atoms with Crippen LogP contribution in [0.3, 0.4) is 0 Å². The summed E-state index contributed by atoms with van der Waals surface area (Å²) in [6, 6.07) is 7.47. The van der Waals surface area contributed by atoms with Gasteiger partial charge in [0.15, 0.2) is 5.69 Å². The van der Waals surface area contributed by atoms with Gasteiger partial charge in [0.25, 0.3) is 0 Å². The molecule has 0 fully saturated rings. The fourth-order valence-electron chi connectivity index (χ4n) is 1.84. The second-order valence-electron chi connectivity index (χ2n) is 4.08. The fourth-order valence-corrected chi connectivity index (χ4v) is 1.84. The number of benzene rings is 1. The van der Waals surface area contributed by atoms with Crippen LogP contribution in [0, 0.1) is 0 Å². The summed E-state index contributed by atoms with van der Waals surface area (Å²) in [6.07, 6.45) is 0.963. The Bertz CT molecular complexity index is 590. The van der Waals surface area contributed by atoms with E-state index in [4.69, 9.17) is 14.3 Å². The number of oxazole rings is 1. The number of ether oxygens (including phenoxy) is 1. The van der Waals surface area contributed by atoms with E-state index in [1.165, 1.54) is 0 Å². The molecule has 0 aliphatic rings. The van der Waals surface area contributed by atoms with Gasteiger partial charge in [-0.05, 0) is 26.0 Å². The Morgan fingerprint density at radius 1 is 1.40 bits per heavy atom. The molecule has 1 aromatic carbocycles. The standard InChI is InChI=1S/C14H16N2O4/c1-3-16(4-2)10-6-5-7-11(8-10)20-14-15-12(9-19-14)13(17)18/h5-9H,3-4H2,1-2H3,(H,17,18). The van der Waals surface area contributed by atoms with Crippen molar-refractivity contribution >= 4 is 11.7 Å². The zero-order chi connectivity index (χ0) is 14.5. The van der Waals surface area contributed by atoms with Gasteiger partial charge in [0.1, 0.15) is 12.0 Å². The fraction of sp³-hybridized carbons (Fsp3) is 0.286. The second-order valence-corrected chi connectivity index (χ2v) is 4.08. The van der Waals surface area contributed by atoms with Crippen molar-refractivity contribution < 1.29 is 19.1 Å². The quantitative estimate of drug-likeness (QED) is 0.874. The predicted octanol–water partition coefficient (Wildman–Crippen LogP) is 3.01. The molecule has 6 nitrogen and oxygen atoms in total. The first-order valence-electron chi connectivity index (χ1n) is 6.35. The van der Waals surface area contributed by atoms with Crippen LogP contribution in [0.4, 0.5) is 5.69 Å². The highest BCUT2D eigenvalue weighted by molar-refractivity contribution is 5.84. The molecule has 0 atom stereocenters. The van der Waals surface area contributed by atoms with Crippen LogP contribution in [0.25, 0.3) is 0 Å². The molecule has 0 saturated heterocycles. The number of hydrogen-bond donors (Lipinski definition) is 1. The van der Waals surface area contributed by atoms with Crippen molar-refractivity contribution in [2.24, 2.45) is 0 Å². The van der Waals surface area contributed by atoms with Crippen LogP contribution >= 0.6 is 0 Å². The topological polar surface area (TPSA) is 75.8 Å². The molecule has 0 saturated carbocycles. The van der Waals surface area contributed by atoms with Gasteiger partial charge >= 0.3 is 12.0 Å². The van der Waals surface area contributed by atoms with Crippen molar-refractivity contribution in [2.75, 3.05) is 18.0 Å². The largest absolute Gasteiger partial charge is 0.476 e. The highest BCUT2D eigenvalue weighted by Crippen LogP contribution is 2.25. The highest BCUT2D eigenvalue weighted by Gasteiger charge is 2.12. The molecule has 0 bridgehead atoms. The van der Waals surface area contributed by atoms with Crippen LogP contribution < -0.4 is 9.64 Å². The minimum Gasteiger partial charge on any atom is -0.476 e. The Morgan fingerprint density at radius 2 is 2.15 bits per heavy atom. The van der Waals surface area contributed by atoms with Crippen molar-refractivity contribution in [3.05, 3.63) is 36.2 Å². The van der Waals surface area contributed by atoms with Gasteiger partial charge in [-0.15, -0.1) is 0 Å². The number of aromatic carboxylic acids is 1. The van der Waals surface area contributed by atoms with Gasteiger partial charge < -0.3 is 19.2 Å². The van der Waals surface area contributed by atoms with Crippen LogP contribution in [0.1, 0.15) is 24.3 Å². The maximum atomic E-state index is 10.7. The predicted molar refractivity (Wildman–Crippen MR) is 73.5 cm³/mol. The Hall–Kier alpha value is -2.50. The monoisotopic (exact) mass is 276 g/mol. The average Bonchev–Trinajstić information content (AvgIpc) is 2.89. The molecule has 0 aliphatic carbocycles. The van der Waals surface area contributed by atoms with E-state index in [0.29, 0.717) is 5.75 Å². The molecular formula is C14H16N2O4. The summed E-state index contributed by atoms with van der Waals surface area (Å²) in [7, 11) is 0. The minimum atomic E-state index is -1.15. The molecule has 2 rings (SSSR count). The van der Waals surface area contributed by atoms with Crippen LogP contribution in [-0.2, 0) is 0 Å². The lowest BCUT2D eigenvalue weighted by Gasteiger charge is -2.21. The van der Waals surface area contributed by atoms with Crippen molar-refractivity contribution in [2.45, 2.75) is 13.8 Å². The lowest BCUT2D eigenvalue weighted by molar-refractivity contribution is 0.0690. The first kappa shape index (κ1) is 13.9. The Morgan fingerprint density at radius 3 is 2.75 bits per heavy atom. The van der Waals surface area contributed by atoms with Gasteiger partial charge in [0, 0.05) is 24.8 Å². The molecule has 1 heterocycles. The summed E-state index contributed by atoms with van der Waals surface area (Å²) >= 11 is 0. The SMILES string of the molecule is CCN(CC)c1cccc(Oc2nc(C(=O)O)co2)c1. The van der Waals surface area contributed by atoms with Gasteiger partial charge in [-0.2, -0.15) is 4.98 Å². The molecule has 0 unspecified atom stereocenters. The molecule has 0 radical (unpaired) electrons. The van der Waals surface area contributed by atoms with Crippen molar-refractivity contribution in [3.63, 3.8) is 0 Å². The molecule has 0 spiro atoms. The van der Waals surface area contributed by atoms with E-state index in [1.807, 2.05) is 18.2 Å². The molecule has 1 N–H and O–H groups in total. The summed E-state index contributed by atoms with van der Waals surface area (Å²) in [5.74, 6) is -0.603. The highest BCUT2D eigenvalue weighted by atomic mass is 16.6. The number of nitrogens with zero attached hydrogens (tertiary/aromatic N) is 2. The number of anilines is 1. The normalized spacial score (nSPS) is 10.3. The smallest absolute Gasteiger partial charge is 0.399 e. The number of carboxylic acids is 1. The average molecular weight is 276 g/mol. The molecule has 0 aliphatic heterocycles. The number of carboxylic acid groups (broad SMARTS) is 1. The van der Waals surface area contributed by atoms with Gasteiger partial charge in [0.05, 0.1) is 0 Å². The molecule has 6 heteroatoms. The van der Waals surface area contributed by atoms with Crippen molar-refractivity contribution in [1.29, 1.82) is 0 Å². The van der Waals surface area contributed by atoms with Gasteiger partial charge in [0.2, 0.25) is 0 Å². The number of hydrogen-bond acceptors (Lipinski definition) is 5. The van der Waals surface area contributed by atoms with Crippen LogP contribution in [0.15, 0.2) is 34.9 Å². The zero-order valence-corrected chi connectivity index (χ0v) is 11.4. The molecule has 0 amide bonds. The van der Waals surface area contributed by atoms with Crippen LogP contribution in [0.5, 0.6) is 11.8 Å². The Balaban J connectivity index is 2.16. The van der Waals surface area contributed by atoms with Gasteiger partial charge in [-0.3, -0.25) is 0 Å². The maximum absolute atomic E-state index is 10.7. The third-order valence-corrected chi connectivity index (χ3v) is 2.85. The Labute approximate surface area is 116 Å². The maximum Gasteiger partial charge on any atom is 0.399 e. The van der Waals surface area contributed by atoms with Gasteiger partial charge in [-0.1, -0.05) is 6.07 Å². The minimum absolute atomic E-state index is 0.0842. The summed E-state index contributed by atoms with van der Waals surface area (Å²) < 4.78 is 10.4. The van der Waals surface area contributed by atoms with Gasteiger partial charge in [-0.25, -0.2) is 4.79 Å². The Kier molecular flexibility index (Phi) is 4.24. The van der Waals surface area contributed by atoms with E-state index in [1.54, 1.807) is 6.07 Å². The molecule has 2 aromatic rings. The number of carbonyl (C=O) groups is 1. The number of aromatic nitrogens is 1. The molecule has 1 aromatic heterocycles. The number of rotatable bonds is 6. The molecule has 20 heavy (non-hydrogen) atoms. The third-order valence-electron chi connectivity index (χ3n) is 2.85. The summed E-state index contributed by atoms with van der Waals surface area (Å²) in [6.45, 7) is 5.93. The second kappa shape index (κ2) is 6.10. The van der Waals surface area contributed by atoms with Crippen molar-refractivity contribution in [1.82, 2.24) is 4.98 Å². The van der Waals surface area contributed by atoms with Crippen LogP contribution in [-0.4, -0.2) is 29.1 Å². The molecular weight excluding hydrogens is 260 g/mol. The summed E-state index contributed by atoms with van der Waals surface area (Å²) in [5.41, 5.74) is 0.845. The lowest BCUT2D eigenvalue weighted by Crippen LogP contribution is -2.21. The lowest BCUT2D eigenvalue weighted by atomic mass is 10.2. The summed E-state index contributed by atoms with van der Waals surface area (Å²) in [4.78, 5) is 16.6. The zero-order valence-electron chi connectivity index (χ0n) is 11.4. The van der Waals surface area contributed by atoms with E-state index >= 15 is 0 Å². The summed E-state index contributed by atoms with van der Waals surface area (Å²) in [5, 5.41) is 8.76. The van der Waals surface area contributed by atoms with E-state index in [2.05, 4.69) is 23.7 Å². The van der Waals surface area contributed by atoms with E-state index in [0.717, 1.165) is 25.0 Å². The van der Waals surface area contributed by atoms with Crippen LogP contribution in [0.2, 0.25) is 0 Å².